The van der Waals surface area contributed by atoms with Crippen LogP contribution in [0.4, 0.5) is 4.79 Å². The molecule has 1 aliphatic heterocycles. The minimum Gasteiger partial charge on any atom is -0.480 e. The molecule has 0 bridgehead atoms. The molecule has 96 valence electrons. The standard InChI is InChI=1S/C10H17N3O4/c1-6(9(15)16)12-10(17)13-5-3-2-4-7(13)8(11)14/h6-7H,2-5H2,1H3,(H2,11,14)(H,12,17)(H,15,16)/t6-,7?/m0/s1. The largest absolute Gasteiger partial charge is 0.480 e. The minimum absolute atomic E-state index is 0.422. The van der Waals surface area contributed by atoms with E-state index in [-0.39, 0.29) is 0 Å². The van der Waals surface area contributed by atoms with Crippen LogP contribution in [0, 0.1) is 0 Å². The number of urea groups is 1. The fourth-order valence-corrected chi connectivity index (χ4v) is 1.80. The van der Waals surface area contributed by atoms with Crippen molar-refractivity contribution in [3.8, 4) is 0 Å². The van der Waals surface area contributed by atoms with Gasteiger partial charge in [-0.3, -0.25) is 9.59 Å². The number of hydrogen-bond acceptors (Lipinski definition) is 3. The first-order valence-corrected chi connectivity index (χ1v) is 5.52. The number of carboxylic acids is 1. The molecule has 7 nitrogen and oxygen atoms in total. The molecule has 2 atom stereocenters. The van der Waals surface area contributed by atoms with E-state index in [1.807, 2.05) is 0 Å². The van der Waals surface area contributed by atoms with Gasteiger partial charge in [-0.05, 0) is 26.2 Å². The lowest BCUT2D eigenvalue weighted by Gasteiger charge is -2.34. The number of nitrogens with two attached hydrogens (primary N) is 1. The summed E-state index contributed by atoms with van der Waals surface area (Å²) in [6.07, 6.45) is 2.16. The van der Waals surface area contributed by atoms with Crippen molar-refractivity contribution >= 4 is 17.9 Å². The van der Waals surface area contributed by atoms with Crippen LogP contribution in [0.25, 0.3) is 0 Å². The Morgan fingerprint density at radius 3 is 2.59 bits per heavy atom. The van der Waals surface area contributed by atoms with Crippen LogP contribution < -0.4 is 11.1 Å². The van der Waals surface area contributed by atoms with Gasteiger partial charge in [0.15, 0.2) is 0 Å². The first-order chi connectivity index (χ1) is 7.93. The molecular formula is C10H17N3O4. The molecule has 1 unspecified atom stereocenters. The van der Waals surface area contributed by atoms with Crippen molar-refractivity contribution in [2.24, 2.45) is 5.73 Å². The molecule has 1 rings (SSSR count). The molecule has 7 heteroatoms. The van der Waals surface area contributed by atoms with E-state index < -0.39 is 30.0 Å². The number of aliphatic carboxylic acids is 1. The normalized spacial score (nSPS) is 21.7. The highest BCUT2D eigenvalue weighted by molar-refractivity contribution is 5.88. The molecule has 1 fully saturated rings. The van der Waals surface area contributed by atoms with Crippen LogP contribution in [0.3, 0.4) is 0 Å². The Morgan fingerprint density at radius 2 is 2.06 bits per heavy atom. The molecule has 1 heterocycles. The van der Waals surface area contributed by atoms with Crippen molar-refractivity contribution in [3.05, 3.63) is 0 Å². The van der Waals surface area contributed by atoms with Gasteiger partial charge >= 0.3 is 12.0 Å². The number of carboxylic acid groups (broad SMARTS) is 1. The SMILES string of the molecule is C[C@H](NC(=O)N1CCCCC1C(N)=O)C(=O)O. The molecule has 1 saturated heterocycles. The van der Waals surface area contributed by atoms with Gasteiger partial charge < -0.3 is 21.1 Å². The fraction of sp³-hybridized carbons (Fsp3) is 0.700. The predicted octanol–water partition coefficient (Wildman–Crippen LogP) is -0.491. The monoisotopic (exact) mass is 243 g/mol. The Labute approximate surface area is 98.9 Å². The number of carbonyl (C=O) groups is 3. The summed E-state index contributed by atoms with van der Waals surface area (Å²) in [5, 5.41) is 11.0. The van der Waals surface area contributed by atoms with Crippen LogP contribution in [-0.4, -0.2) is 46.5 Å². The zero-order chi connectivity index (χ0) is 13.0. The number of hydrogen-bond donors (Lipinski definition) is 3. The molecule has 3 amide bonds. The molecule has 0 radical (unpaired) electrons. The van der Waals surface area contributed by atoms with Gasteiger partial charge in [0.1, 0.15) is 12.1 Å². The van der Waals surface area contributed by atoms with Crippen molar-refractivity contribution in [1.82, 2.24) is 10.2 Å². The average molecular weight is 243 g/mol. The van der Waals surface area contributed by atoms with Crippen molar-refractivity contribution in [3.63, 3.8) is 0 Å². The molecule has 0 aromatic carbocycles. The summed E-state index contributed by atoms with van der Waals surface area (Å²) in [5.41, 5.74) is 5.21. The summed E-state index contributed by atoms with van der Waals surface area (Å²) < 4.78 is 0. The summed E-state index contributed by atoms with van der Waals surface area (Å²) in [5.74, 6) is -1.67. The van der Waals surface area contributed by atoms with Crippen molar-refractivity contribution < 1.29 is 19.5 Å². The van der Waals surface area contributed by atoms with Gasteiger partial charge in [0.05, 0.1) is 0 Å². The zero-order valence-corrected chi connectivity index (χ0v) is 9.68. The molecule has 0 saturated carbocycles. The lowest BCUT2D eigenvalue weighted by molar-refractivity contribution is -0.138. The Bertz CT molecular complexity index is 332. The summed E-state index contributed by atoms with van der Waals surface area (Å²) in [6, 6.07) is -2.17. The van der Waals surface area contributed by atoms with E-state index in [0.29, 0.717) is 13.0 Å². The second kappa shape index (κ2) is 5.51. The van der Waals surface area contributed by atoms with E-state index in [2.05, 4.69) is 5.32 Å². The van der Waals surface area contributed by atoms with E-state index in [1.165, 1.54) is 11.8 Å². The number of carbonyl (C=O) groups excluding carboxylic acids is 2. The number of piperidine rings is 1. The molecule has 1 aliphatic rings. The third-order valence-electron chi connectivity index (χ3n) is 2.80. The van der Waals surface area contributed by atoms with Gasteiger partial charge in [0.2, 0.25) is 5.91 Å². The van der Waals surface area contributed by atoms with Crippen LogP contribution in [0.5, 0.6) is 0 Å². The maximum atomic E-state index is 11.8. The Balaban J connectivity index is 2.65. The van der Waals surface area contributed by atoms with Crippen LogP contribution in [0.1, 0.15) is 26.2 Å². The number of nitrogens with zero attached hydrogens (tertiary/aromatic N) is 1. The van der Waals surface area contributed by atoms with Crippen LogP contribution in [-0.2, 0) is 9.59 Å². The van der Waals surface area contributed by atoms with E-state index in [9.17, 15) is 14.4 Å². The summed E-state index contributed by atoms with van der Waals surface area (Å²) in [6.45, 7) is 1.79. The number of rotatable bonds is 3. The highest BCUT2D eigenvalue weighted by atomic mass is 16.4. The predicted molar refractivity (Wildman–Crippen MR) is 59.2 cm³/mol. The Kier molecular flexibility index (Phi) is 4.30. The van der Waals surface area contributed by atoms with Crippen LogP contribution >= 0.6 is 0 Å². The number of amides is 3. The molecular weight excluding hydrogens is 226 g/mol. The summed E-state index contributed by atoms with van der Waals surface area (Å²) >= 11 is 0. The quantitative estimate of drug-likeness (QED) is 0.620. The van der Waals surface area contributed by atoms with Gasteiger partial charge in [-0.15, -0.1) is 0 Å². The second-order valence-corrected chi connectivity index (χ2v) is 4.12. The average Bonchev–Trinajstić information content (AvgIpc) is 2.28. The highest BCUT2D eigenvalue weighted by Gasteiger charge is 2.31. The molecule has 4 N–H and O–H groups in total. The van der Waals surface area contributed by atoms with Gasteiger partial charge in [-0.1, -0.05) is 0 Å². The first kappa shape index (κ1) is 13.3. The lowest BCUT2D eigenvalue weighted by Crippen LogP contribution is -2.55. The van der Waals surface area contributed by atoms with Gasteiger partial charge in [-0.2, -0.15) is 0 Å². The Hall–Kier alpha value is -1.79. The number of nitrogens with one attached hydrogen (secondary N) is 1. The number of likely N-dealkylation sites (tertiary alicyclic amines) is 1. The van der Waals surface area contributed by atoms with E-state index in [1.54, 1.807) is 0 Å². The summed E-state index contributed by atoms with van der Waals surface area (Å²) in [7, 11) is 0. The summed E-state index contributed by atoms with van der Waals surface area (Å²) in [4.78, 5) is 34.9. The van der Waals surface area contributed by atoms with Gasteiger partial charge in [0, 0.05) is 6.54 Å². The third kappa shape index (κ3) is 3.33. The molecule has 0 aromatic heterocycles. The number of primary amides is 1. The maximum absolute atomic E-state index is 11.8. The molecule has 0 aromatic rings. The van der Waals surface area contributed by atoms with E-state index in [0.717, 1.165) is 12.8 Å². The van der Waals surface area contributed by atoms with Crippen molar-refractivity contribution in [2.45, 2.75) is 38.3 Å². The van der Waals surface area contributed by atoms with E-state index in [4.69, 9.17) is 10.8 Å². The minimum atomic E-state index is -1.12. The van der Waals surface area contributed by atoms with Crippen LogP contribution in [0.15, 0.2) is 0 Å². The van der Waals surface area contributed by atoms with Gasteiger partial charge in [0.25, 0.3) is 0 Å². The maximum Gasteiger partial charge on any atom is 0.325 e. The molecule has 0 aliphatic carbocycles. The fourth-order valence-electron chi connectivity index (χ4n) is 1.80. The second-order valence-electron chi connectivity index (χ2n) is 4.12. The van der Waals surface area contributed by atoms with Crippen LogP contribution in [0.2, 0.25) is 0 Å². The molecule has 0 spiro atoms. The highest BCUT2D eigenvalue weighted by Crippen LogP contribution is 2.16. The van der Waals surface area contributed by atoms with E-state index >= 15 is 0 Å². The topological polar surface area (TPSA) is 113 Å². The first-order valence-electron chi connectivity index (χ1n) is 5.52. The third-order valence-corrected chi connectivity index (χ3v) is 2.80. The Morgan fingerprint density at radius 1 is 1.41 bits per heavy atom. The lowest BCUT2D eigenvalue weighted by atomic mass is 10.0. The van der Waals surface area contributed by atoms with Crippen molar-refractivity contribution in [2.75, 3.05) is 6.54 Å². The van der Waals surface area contributed by atoms with Gasteiger partial charge in [-0.25, -0.2) is 4.79 Å². The molecule has 17 heavy (non-hydrogen) atoms. The smallest absolute Gasteiger partial charge is 0.325 e. The zero-order valence-electron chi connectivity index (χ0n) is 9.68. The van der Waals surface area contributed by atoms with Crippen molar-refractivity contribution in [1.29, 1.82) is 0 Å².